The Morgan fingerprint density at radius 3 is 2.51 bits per heavy atom. The molecule has 0 aliphatic heterocycles. The number of nitrogens with one attached hydrogen (secondary N) is 1. The predicted molar refractivity (Wildman–Crippen MR) is 158 cm³/mol. The zero-order valence-corrected chi connectivity index (χ0v) is 24.1. The van der Waals surface area contributed by atoms with E-state index in [0.29, 0.717) is 31.9 Å². The number of carbonyl (C=O) groups is 1. The second-order valence-corrected chi connectivity index (χ2v) is 11.1. The van der Waals surface area contributed by atoms with Crippen LogP contribution in [-0.2, 0) is 15.9 Å². The second kappa shape index (κ2) is 14.8. The lowest BCUT2D eigenvalue weighted by Crippen LogP contribution is -2.41. The van der Waals surface area contributed by atoms with E-state index in [0.717, 1.165) is 32.0 Å². The third-order valence-electron chi connectivity index (χ3n) is 5.92. The number of aryl methyl sites for hydroxylation is 1. The highest BCUT2D eigenvalue weighted by molar-refractivity contribution is 8.01. The summed E-state index contributed by atoms with van der Waals surface area (Å²) in [5, 5.41) is 4.00. The number of pyridine rings is 1. The molecule has 4 rings (SSSR count). The molecule has 1 N–H and O–H groups in total. The van der Waals surface area contributed by atoms with Gasteiger partial charge in [-0.2, -0.15) is 0 Å². The molecular weight excluding hydrogens is 528 g/mol. The van der Waals surface area contributed by atoms with Gasteiger partial charge in [-0.1, -0.05) is 65.6 Å². The van der Waals surface area contributed by atoms with E-state index in [1.165, 1.54) is 5.56 Å². The molecular formula is C30H34N4O3S2. The van der Waals surface area contributed by atoms with Gasteiger partial charge in [-0.25, -0.2) is 9.97 Å². The van der Waals surface area contributed by atoms with Crippen LogP contribution in [0.5, 0.6) is 0 Å². The van der Waals surface area contributed by atoms with Crippen LogP contribution in [-0.4, -0.2) is 53.4 Å². The molecule has 0 saturated heterocycles. The lowest BCUT2D eigenvalue weighted by atomic mass is 10.1. The van der Waals surface area contributed by atoms with Crippen molar-refractivity contribution in [3.05, 3.63) is 95.8 Å². The van der Waals surface area contributed by atoms with Gasteiger partial charge in [0, 0.05) is 36.4 Å². The van der Waals surface area contributed by atoms with E-state index < -0.39 is 6.29 Å². The zero-order valence-electron chi connectivity index (χ0n) is 22.5. The Labute approximate surface area is 238 Å². The van der Waals surface area contributed by atoms with Crippen molar-refractivity contribution in [1.82, 2.24) is 14.9 Å². The maximum Gasteiger partial charge on any atom is 0.254 e. The van der Waals surface area contributed by atoms with Gasteiger partial charge in [0.2, 0.25) is 0 Å². The molecule has 0 aliphatic rings. The summed E-state index contributed by atoms with van der Waals surface area (Å²) < 4.78 is 12.6. The smallest absolute Gasteiger partial charge is 0.254 e. The Balaban J connectivity index is 1.51. The fourth-order valence-electron chi connectivity index (χ4n) is 3.98. The minimum absolute atomic E-state index is 0.0305. The van der Waals surface area contributed by atoms with E-state index in [1.54, 1.807) is 29.3 Å². The number of ether oxygens (including phenoxy) is 2. The molecule has 7 nitrogen and oxygen atoms in total. The Hall–Kier alpha value is -3.24. The second-order valence-electron chi connectivity index (χ2n) is 8.73. The average Bonchev–Trinajstić information content (AvgIpc) is 3.39. The lowest BCUT2D eigenvalue weighted by Gasteiger charge is -2.28. The number of anilines is 2. The summed E-state index contributed by atoms with van der Waals surface area (Å²) in [6, 6.07) is 21.9. The molecule has 0 atom stereocenters. The highest BCUT2D eigenvalue weighted by atomic mass is 32.2. The van der Waals surface area contributed by atoms with Crippen molar-refractivity contribution in [3.63, 3.8) is 0 Å². The van der Waals surface area contributed by atoms with Crippen molar-refractivity contribution in [2.24, 2.45) is 0 Å². The molecule has 0 spiro atoms. The molecule has 0 aliphatic carbocycles. The van der Waals surface area contributed by atoms with E-state index in [1.807, 2.05) is 86.5 Å². The molecule has 0 saturated carbocycles. The third-order valence-corrected chi connectivity index (χ3v) is 7.92. The highest BCUT2D eigenvalue weighted by Gasteiger charge is 2.23. The largest absolute Gasteiger partial charge is 0.351 e. The number of hydrogen-bond acceptors (Lipinski definition) is 8. The van der Waals surface area contributed by atoms with Gasteiger partial charge in [0.05, 0.1) is 17.0 Å². The van der Waals surface area contributed by atoms with Gasteiger partial charge in [-0.05, 0) is 62.6 Å². The van der Waals surface area contributed by atoms with Gasteiger partial charge >= 0.3 is 0 Å². The summed E-state index contributed by atoms with van der Waals surface area (Å²) in [6.45, 7) is 7.80. The molecule has 0 fully saturated rings. The number of amides is 1. The Kier molecular flexibility index (Phi) is 10.9. The molecule has 0 unspecified atom stereocenters. The number of aromatic nitrogens is 2. The number of thiazole rings is 1. The van der Waals surface area contributed by atoms with Gasteiger partial charge in [-0.15, -0.1) is 0 Å². The number of rotatable bonds is 14. The minimum Gasteiger partial charge on any atom is -0.351 e. The van der Waals surface area contributed by atoms with E-state index >= 15 is 0 Å². The normalized spacial score (nSPS) is 11.1. The van der Waals surface area contributed by atoms with Crippen LogP contribution in [0.25, 0.3) is 0 Å². The molecule has 2 aromatic heterocycles. The summed E-state index contributed by atoms with van der Waals surface area (Å²) in [5.41, 5.74) is 2.79. The van der Waals surface area contributed by atoms with E-state index in [4.69, 9.17) is 9.47 Å². The molecule has 0 bridgehead atoms. The van der Waals surface area contributed by atoms with Crippen LogP contribution in [0.2, 0.25) is 0 Å². The molecule has 4 aromatic rings. The van der Waals surface area contributed by atoms with Crippen LogP contribution in [0, 0.1) is 6.92 Å². The summed E-state index contributed by atoms with van der Waals surface area (Å²) in [5.74, 6) is 0.719. The van der Waals surface area contributed by atoms with Crippen LogP contribution in [0.4, 0.5) is 10.9 Å². The maximum absolute atomic E-state index is 13.9. The lowest BCUT2D eigenvalue weighted by molar-refractivity contribution is -0.143. The summed E-state index contributed by atoms with van der Waals surface area (Å²) in [6.07, 6.45) is 3.85. The van der Waals surface area contributed by atoms with Crippen molar-refractivity contribution in [2.75, 3.05) is 31.6 Å². The van der Waals surface area contributed by atoms with Crippen LogP contribution in [0.3, 0.4) is 0 Å². The van der Waals surface area contributed by atoms with Gasteiger partial charge in [-0.3, -0.25) is 4.79 Å². The first-order valence-electron chi connectivity index (χ1n) is 13.0. The number of benzene rings is 2. The number of hydrogen-bond donors (Lipinski definition) is 1. The Morgan fingerprint density at radius 1 is 1.03 bits per heavy atom. The molecule has 1 amide bonds. The first-order valence-corrected chi connectivity index (χ1v) is 14.7. The van der Waals surface area contributed by atoms with Crippen LogP contribution in [0.15, 0.2) is 88.2 Å². The molecule has 39 heavy (non-hydrogen) atoms. The highest BCUT2D eigenvalue weighted by Crippen LogP contribution is 2.35. The molecule has 204 valence electrons. The molecule has 2 heterocycles. The number of nitrogens with zero attached hydrogens (tertiary/aromatic N) is 3. The van der Waals surface area contributed by atoms with Gasteiger partial charge < -0.3 is 19.7 Å². The van der Waals surface area contributed by atoms with Gasteiger partial charge in [0.1, 0.15) is 5.82 Å². The fraction of sp³-hybridized carbons (Fsp3) is 0.300. The van der Waals surface area contributed by atoms with Gasteiger partial charge in [0.15, 0.2) is 11.4 Å². The van der Waals surface area contributed by atoms with Crippen molar-refractivity contribution in [3.8, 4) is 0 Å². The fourth-order valence-corrected chi connectivity index (χ4v) is 5.88. The number of carbonyl (C=O) groups excluding carboxylic acids is 1. The topological polar surface area (TPSA) is 76.6 Å². The van der Waals surface area contributed by atoms with Crippen molar-refractivity contribution < 1.29 is 14.3 Å². The SMILES string of the molecule is CCOC(CN(CCc1ccccc1)C(=O)c1cc(Sc2cnc(Nc3ccccn3)s2)ccc1C)OCC. The monoisotopic (exact) mass is 562 g/mol. The van der Waals surface area contributed by atoms with Crippen LogP contribution >= 0.6 is 23.1 Å². The van der Waals surface area contributed by atoms with Crippen molar-refractivity contribution in [1.29, 1.82) is 0 Å². The maximum atomic E-state index is 13.9. The Bertz CT molecular complexity index is 1310. The van der Waals surface area contributed by atoms with Crippen LogP contribution in [0.1, 0.15) is 35.3 Å². The van der Waals surface area contributed by atoms with E-state index in [9.17, 15) is 4.79 Å². The molecule has 9 heteroatoms. The summed E-state index contributed by atoms with van der Waals surface area (Å²) >= 11 is 3.13. The minimum atomic E-state index is -0.472. The molecule has 0 radical (unpaired) electrons. The standard InChI is InChI=1S/C30H34N4O3S2/c1-4-36-27(37-5-2)21-34(18-16-23-11-7-6-8-12-23)29(35)25-19-24(15-14-22(25)3)38-28-20-32-30(39-28)33-26-13-9-10-17-31-26/h6-15,17,19-20,27H,4-5,16,18,21H2,1-3H3,(H,31,32,33). The van der Waals surface area contributed by atoms with Crippen molar-refractivity contribution >= 4 is 40.0 Å². The third kappa shape index (κ3) is 8.63. The first kappa shape index (κ1) is 28.8. The quantitative estimate of drug-likeness (QED) is 0.169. The summed E-state index contributed by atoms with van der Waals surface area (Å²) in [4.78, 5) is 25.5. The van der Waals surface area contributed by atoms with Crippen LogP contribution < -0.4 is 5.32 Å². The summed E-state index contributed by atoms with van der Waals surface area (Å²) in [7, 11) is 0. The first-order chi connectivity index (χ1) is 19.1. The average molecular weight is 563 g/mol. The Morgan fingerprint density at radius 2 is 1.79 bits per heavy atom. The van der Waals surface area contributed by atoms with Gasteiger partial charge in [0.25, 0.3) is 5.91 Å². The van der Waals surface area contributed by atoms with E-state index in [-0.39, 0.29) is 5.91 Å². The molecule has 2 aromatic carbocycles. The van der Waals surface area contributed by atoms with E-state index in [2.05, 4.69) is 27.4 Å². The van der Waals surface area contributed by atoms with Crippen molar-refractivity contribution in [2.45, 2.75) is 42.6 Å². The predicted octanol–water partition coefficient (Wildman–Crippen LogP) is 6.83. The zero-order chi connectivity index (χ0) is 27.5.